The molecule has 0 aliphatic heterocycles. The lowest BCUT2D eigenvalue weighted by atomic mass is 10.2. The number of hydrogen-bond donors (Lipinski definition) is 2. The van der Waals surface area contributed by atoms with Crippen LogP contribution in [0.3, 0.4) is 0 Å². The SMILES string of the molecule is CONC(=O)c1cnc(Cl)cc1Nc1cnccc1N(C)S(C)(=O)=O. The van der Waals surface area contributed by atoms with Gasteiger partial charge in [0.2, 0.25) is 10.0 Å². The monoisotopic (exact) mass is 385 g/mol. The molecule has 11 heteroatoms. The van der Waals surface area contributed by atoms with Crippen LogP contribution in [0.5, 0.6) is 0 Å². The molecule has 0 aliphatic rings. The minimum absolute atomic E-state index is 0.151. The largest absolute Gasteiger partial charge is 0.352 e. The predicted molar refractivity (Wildman–Crippen MR) is 94.5 cm³/mol. The van der Waals surface area contributed by atoms with E-state index in [9.17, 15) is 13.2 Å². The molecule has 0 saturated heterocycles. The Morgan fingerprint density at radius 2 is 2.04 bits per heavy atom. The van der Waals surface area contributed by atoms with E-state index in [1.807, 2.05) is 0 Å². The molecular weight excluding hydrogens is 370 g/mol. The Bertz CT molecular complexity index is 891. The molecule has 2 rings (SSSR count). The van der Waals surface area contributed by atoms with Crippen molar-refractivity contribution in [1.82, 2.24) is 15.4 Å². The second-order valence-electron chi connectivity index (χ2n) is 4.94. The predicted octanol–water partition coefficient (Wildman–Crippen LogP) is 1.56. The number of rotatable bonds is 6. The van der Waals surface area contributed by atoms with Gasteiger partial charge >= 0.3 is 0 Å². The summed E-state index contributed by atoms with van der Waals surface area (Å²) in [6.45, 7) is 0. The van der Waals surface area contributed by atoms with Gasteiger partial charge < -0.3 is 5.32 Å². The number of hydrogen-bond acceptors (Lipinski definition) is 7. The fraction of sp³-hybridized carbons (Fsp3) is 0.214. The van der Waals surface area contributed by atoms with Crippen molar-refractivity contribution in [3.63, 3.8) is 0 Å². The third-order valence-corrected chi connectivity index (χ3v) is 4.61. The summed E-state index contributed by atoms with van der Waals surface area (Å²) in [7, 11) is -0.775. The van der Waals surface area contributed by atoms with Crippen LogP contribution < -0.4 is 15.1 Å². The standard InChI is InChI=1S/C14H16ClN5O4S/c1-20(25(3,22)23)12-4-5-16-8-11(12)18-10-6-13(15)17-7-9(10)14(21)19-24-2/h4-8H,1-3H3,(H,17,18)(H,19,21). The van der Waals surface area contributed by atoms with Crippen molar-refractivity contribution in [3.8, 4) is 0 Å². The molecule has 0 aromatic carbocycles. The number of nitrogens with zero attached hydrogens (tertiary/aromatic N) is 3. The molecule has 0 saturated carbocycles. The fourth-order valence-electron chi connectivity index (χ4n) is 1.94. The molecular formula is C14H16ClN5O4S. The molecule has 0 atom stereocenters. The van der Waals surface area contributed by atoms with Gasteiger partial charge in [0.05, 0.1) is 42.2 Å². The van der Waals surface area contributed by atoms with Gasteiger partial charge in [-0.1, -0.05) is 11.6 Å². The number of pyridine rings is 2. The molecule has 0 radical (unpaired) electrons. The minimum atomic E-state index is -3.49. The molecule has 1 amide bonds. The van der Waals surface area contributed by atoms with Gasteiger partial charge in [0.15, 0.2) is 0 Å². The summed E-state index contributed by atoms with van der Waals surface area (Å²) in [6.07, 6.45) is 5.25. The third kappa shape index (κ3) is 4.56. The number of anilines is 3. The first-order valence-electron chi connectivity index (χ1n) is 6.88. The van der Waals surface area contributed by atoms with Gasteiger partial charge in [-0.2, -0.15) is 0 Å². The lowest BCUT2D eigenvalue weighted by Crippen LogP contribution is -2.26. The molecule has 0 bridgehead atoms. The van der Waals surface area contributed by atoms with E-state index in [-0.39, 0.29) is 10.7 Å². The van der Waals surface area contributed by atoms with E-state index in [1.54, 1.807) is 0 Å². The van der Waals surface area contributed by atoms with Crippen molar-refractivity contribution in [2.75, 3.05) is 30.0 Å². The van der Waals surface area contributed by atoms with Gasteiger partial charge in [-0.25, -0.2) is 18.9 Å². The van der Waals surface area contributed by atoms with Crippen molar-refractivity contribution < 1.29 is 18.0 Å². The number of aromatic nitrogens is 2. The summed E-state index contributed by atoms with van der Waals surface area (Å²) in [6, 6.07) is 2.96. The van der Waals surface area contributed by atoms with E-state index in [0.29, 0.717) is 17.1 Å². The lowest BCUT2D eigenvalue weighted by Gasteiger charge is -2.21. The zero-order valence-corrected chi connectivity index (χ0v) is 15.2. The molecule has 134 valence electrons. The molecule has 2 N–H and O–H groups in total. The zero-order chi connectivity index (χ0) is 18.6. The number of nitrogens with one attached hydrogen (secondary N) is 2. The van der Waals surface area contributed by atoms with Crippen molar-refractivity contribution in [2.24, 2.45) is 0 Å². The van der Waals surface area contributed by atoms with Crippen LogP contribution in [0.15, 0.2) is 30.7 Å². The van der Waals surface area contributed by atoms with E-state index in [1.165, 1.54) is 44.9 Å². The van der Waals surface area contributed by atoms with Crippen LogP contribution in [0.2, 0.25) is 5.15 Å². The molecule has 0 unspecified atom stereocenters. The van der Waals surface area contributed by atoms with Crippen LogP contribution in [-0.4, -0.2) is 44.7 Å². The highest BCUT2D eigenvalue weighted by molar-refractivity contribution is 7.92. The van der Waals surface area contributed by atoms with E-state index >= 15 is 0 Å². The normalized spacial score (nSPS) is 11.0. The Morgan fingerprint density at radius 1 is 1.32 bits per heavy atom. The number of sulfonamides is 1. The van der Waals surface area contributed by atoms with Crippen LogP contribution in [0.25, 0.3) is 0 Å². The van der Waals surface area contributed by atoms with Crippen LogP contribution in [0.1, 0.15) is 10.4 Å². The highest BCUT2D eigenvalue weighted by atomic mass is 35.5. The maximum absolute atomic E-state index is 12.1. The van der Waals surface area contributed by atoms with Gasteiger partial charge in [0.25, 0.3) is 5.91 Å². The molecule has 0 fully saturated rings. The summed E-state index contributed by atoms with van der Waals surface area (Å²) in [5, 5.41) is 3.12. The number of halogens is 1. The first-order chi connectivity index (χ1) is 11.7. The van der Waals surface area contributed by atoms with Crippen molar-refractivity contribution in [3.05, 3.63) is 41.4 Å². The van der Waals surface area contributed by atoms with E-state index in [2.05, 4.69) is 25.6 Å². The van der Waals surface area contributed by atoms with Crippen LogP contribution >= 0.6 is 11.6 Å². The summed E-state index contributed by atoms with van der Waals surface area (Å²) < 4.78 is 24.7. The van der Waals surface area contributed by atoms with Gasteiger partial charge in [-0.3, -0.25) is 18.9 Å². The molecule has 0 aliphatic carbocycles. The first kappa shape index (κ1) is 18.9. The Hall–Kier alpha value is -2.43. The van der Waals surface area contributed by atoms with Gasteiger partial charge in [0.1, 0.15) is 5.15 Å². The maximum Gasteiger partial charge on any atom is 0.278 e. The molecule has 9 nitrogen and oxygen atoms in total. The molecule has 2 aromatic rings. The average molecular weight is 386 g/mol. The zero-order valence-electron chi connectivity index (χ0n) is 13.6. The quantitative estimate of drug-likeness (QED) is 0.573. The summed E-state index contributed by atoms with van der Waals surface area (Å²) in [4.78, 5) is 24.5. The van der Waals surface area contributed by atoms with E-state index < -0.39 is 15.9 Å². The number of carbonyl (C=O) groups is 1. The minimum Gasteiger partial charge on any atom is -0.352 e. The fourth-order valence-corrected chi connectivity index (χ4v) is 2.62. The molecule has 2 heterocycles. The van der Waals surface area contributed by atoms with Gasteiger partial charge in [0, 0.05) is 19.4 Å². The topological polar surface area (TPSA) is 114 Å². The second-order valence-corrected chi connectivity index (χ2v) is 7.34. The van der Waals surface area contributed by atoms with E-state index in [4.69, 9.17) is 11.6 Å². The highest BCUT2D eigenvalue weighted by Gasteiger charge is 2.18. The van der Waals surface area contributed by atoms with Crippen molar-refractivity contribution in [1.29, 1.82) is 0 Å². The number of amides is 1. The Kier molecular flexibility index (Phi) is 5.77. The Balaban J connectivity index is 2.48. The molecule has 2 aromatic heterocycles. The number of hydroxylamine groups is 1. The van der Waals surface area contributed by atoms with Crippen LogP contribution in [-0.2, 0) is 14.9 Å². The Morgan fingerprint density at radius 3 is 2.68 bits per heavy atom. The summed E-state index contributed by atoms with van der Waals surface area (Å²) in [5.41, 5.74) is 3.37. The lowest BCUT2D eigenvalue weighted by molar-refractivity contribution is 0.0538. The van der Waals surface area contributed by atoms with Crippen LogP contribution in [0, 0.1) is 0 Å². The highest BCUT2D eigenvalue weighted by Crippen LogP contribution is 2.30. The van der Waals surface area contributed by atoms with Crippen LogP contribution in [0.4, 0.5) is 17.1 Å². The average Bonchev–Trinajstić information content (AvgIpc) is 2.54. The maximum atomic E-state index is 12.1. The van der Waals surface area contributed by atoms with Gasteiger partial charge in [-0.15, -0.1) is 0 Å². The summed E-state index contributed by atoms with van der Waals surface area (Å²) >= 11 is 5.90. The second kappa shape index (κ2) is 7.64. The first-order valence-corrected chi connectivity index (χ1v) is 9.10. The molecule has 0 spiro atoms. The van der Waals surface area contributed by atoms with E-state index in [0.717, 1.165) is 10.6 Å². The third-order valence-electron chi connectivity index (χ3n) is 3.21. The summed E-state index contributed by atoms with van der Waals surface area (Å²) in [5.74, 6) is -0.545. The van der Waals surface area contributed by atoms with Crippen molar-refractivity contribution >= 4 is 44.6 Å². The van der Waals surface area contributed by atoms with Crippen molar-refractivity contribution in [2.45, 2.75) is 0 Å². The van der Waals surface area contributed by atoms with Gasteiger partial charge in [-0.05, 0) is 12.1 Å². The smallest absolute Gasteiger partial charge is 0.278 e. The Labute approximate surface area is 150 Å². The number of carbonyl (C=O) groups excluding carboxylic acids is 1. The molecule has 25 heavy (non-hydrogen) atoms.